The summed E-state index contributed by atoms with van der Waals surface area (Å²) in [5.41, 5.74) is 3.48. The average molecular weight is 261 g/mol. The Hall–Kier alpha value is -2.48. The Bertz CT molecular complexity index is 950. The highest BCUT2D eigenvalue weighted by Gasteiger charge is 2.09. The van der Waals surface area contributed by atoms with Crippen LogP contribution in [0.25, 0.3) is 32.6 Å². The molecule has 0 saturated heterocycles. The van der Waals surface area contributed by atoms with Crippen molar-refractivity contribution in [1.29, 1.82) is 0 Å². The van der Waals surface area contributed by atoms with E-state index < -0.39 is 0 Å². The lowest BCUT2D eigenvalue weighted by Gasteiger charge is -2.04. The third-order valence-corrected chi connectivity index (χ3v) is 4.01. The molecular formula is C18H15NO. The zero-order valence-electron chi connectivity index (χ0n) is 11.5. The lowest BCUT2D eigenvalue weighted by molar-refractivity contribution is 0.412. The summed E-state index contributed by atoms with van der Waals surface area (Å²) in [4.78, 5) is 3.54. The molecule has 0 spiro atoms. The SMILES string of the molecule is COc1cc2[nH]c3c4ccccc4ccc3c2cc1C. The topological polar surface area (TPSA) is 25.0 Å². The number of nitrogens with one attached hydrogen (secondary N) is 1. The van der Waals surface area contributed by atoms with E-state index in [4.69, 9.17) is 4.74 Å². The van der Waals surface area contributed by atoms with E-state index in [1.165, 1.54) is 27.1 Å². The quantitative estimate of drug-likeness (QED) is 0.523. The molecule has 1 heterocycles. The lowest BCUT2D eigenvalue weighted by atomic mass is 10.0. The predicted octanol–water partition coefficient (Wildman–Crippen LogP) is 4.79. The van der Waals surface area contributed by atoms with E-state index in [0.717, 1.165) is 16.8 Å². The molecule has 0 fully saturated rings. The molecule has 4 aromatic rings. The van der Waals surface area contributed by atoms with Crippen LogP contribution in [0.2, 0.25) is 0 Å². The fourth-order valence-corrected chi connectivity index (χ4v) is 3.00. The van der Waals surface area contributed by atoms with Crippen molar-refractivity contribution in [2.45, 2.75) is 6.92 Å². The van der Waals surface area contributed by atoms with Crippen molar-refractivity contribution in [1.82, 2.24) is 4.98 Å². The number of ether oxygens (including phenoxy) is 1. The molecule has 0 aliphatic carbocycles. The smallest absolute Gasteiger partial charge is 0.123 e. The van der Waals surface area contributed by atoms with E-state index in [0.29, 0.717) is 0 Å². The average Bonchev–Trinajstić information content (AvgIpc) is 2.84. The summed E-state index contributed by atoms with van der Waals surface area (Å²) < 4.78 is 5.42. The minimum atomic E-state index is 0.924. The fourth-order valence-electron chi connectivity index (χ4n) is 3.00. The van der Waals surface area contributed by atoms with Crippen molar-refractivity contribution in [3.05, 3.63) is 54.1 Å². The lowest BCUT2D eigenvalue weighted by Crippen LogP contribution is -1.86. The van der Waals surface area contributed by atoms with Gasteiger partial charge in [0.1, 0.15) is 5.75 Å². The molecular weight excluding hydrogens is 246 g/mol. The second kappa shape index (κ2) is 4.01. The normalized spacial score (nSPS) is 11.5. The highest BCUT2D eigenvalue weighted by atomic mass is 16.5. The van der Waals surface area contributed by atoms with Crippen molar-refractivity contribution >= 4 is 32.6 Å². The maximum absolute atomic E-state index is 5.42. The zero-order valence-corrected chi connectivity index (χ0v) is 11.5. The first kappa shape index (κ1) is 11.4. The molecule has 0 saturated carbocycles. The Labute approximate surface area is 117 Å². The van der Waals surface area contributed by atoms with Crippen LogP contribution >= 0.6 is 0 Å². The molecule has 2 nitrogen and oxygen atoms in total. The Kier molecular flexibility index (Phi) is 2.27. The summed E-state index contributed by atoms with van der Waals surface area (Å²) in [5, 5.41) is 5.04. The van der Waals surface area contributed by atoms with Gasteiger partial charge in [-0.2, -0.15) is 0 Å². The van der Waals surface area contributed by atoms with E-state index in [9.17, 15) is 0 Å². The van der Waals surface area contributed by atoms with Crippen molar-refractivity contribution < 1.29 is 4.74 Å². The first-order chi connectivity index (χ1) is 9.78. The Morgan fingerprint density at radius 1 is 0.900 bits per heavy atom. The molecule has 2 heteroatoms. The van der Waals surface area contributed by atoms with Gasteiger partial charge in [-0.1, -0.05) is 36.4 Å². The second-order valence-corrected chi connectivity index (χ2v) is 5.20. The monoisotopic (exact) mass is 261 g/mol. The molecule has 0 aliphatic rings. The maximum Gasteiger partial charge on any atom is 0.123 e. The zero-order chi connectivity index (χ0) is 13.7. The van der Waals surface area contributed by atoms with Gasteiger partial charge in [0.25, 0.3) is 0 Å². The van der Waals surface area contributed by atoms with E-state index >= 15 is 0 Å². The molecule has 0 bridgehead atoms. The van der Waals surface area contributed by atoms with Gasteiger partial charge in [0.15, 0.2) is 0 Å². The standard InChI is InChI=1S/C18H15NO/c1-11-9-15-14-8-7-12-5-3-4-6-13(12)18(14)19-16(15)10-17(11)20-2/h3-10,19H,1-2H3. The molecule has 4 rings (SSSR count). The van der Waals surface area contributed by atoms with Crippen molar-refractivity contribution in [3.63, 3.8) is 0 Å². The molecule has 0 unspecified atom stereocenters. The number of hydrogen-bond donors (Lipinski definition) is 1. The summed E-state index contributed by atoms with van der Waals surface area (Å²) in [7, 11) is 1.71. The van der Waals surface area contributed by atoms with E-state index in [-0.39, 0.29) is 0 Å². The molecule has 1 N–H and O–H groups in total. The van der Waals surface area contributed by atoms with Crippen LogP contribution in [0.15, 0.2) is 48.5 Å². The van der Waals surface area contributed by atoms with Crippen molar-refractivity contribution in [2.75, 3.05) is 7.11 Å². The predicted molar refractivity (Wildman–Crippen MR) is 84.6 cm³/mol. The van der Waals surface area contributed by atoms with Crippen LogP contribution in [0.1, 0.15) is 5.56 Å². The summed E-state index contributed by atoms with van der Waals surface area (Å²) in [5.74, 6) is 0.924. The Balaban J connectivity index is 2.21. The summed E-state index contributed by atoms with van der Waals surface area (Å²) in [6.07, 6.45) is 0. The van der Waals surface area contributed by atoms with E-state index in [2.05, 4.69) is 60.4 Å². The Morgan fingerprint density at radius 2 is 1.75 bits per heavy atom. The first-order valence-corrected chi connectivity index (χ1v) is 6.76. The highest BCUT2D eigenvalue weighted by Crippen LogP contribution is 2.34. The largest absolute Gasteiger partial charge is 0.496 e. The molecule has 0 atom stereocenters. The van der Waals surface area contributed by atoms with Gasteiger partial charge >= 0.3 is 0 Å². The molecule has 98 valence electrons. The number of hydrogen-bond acceptors (Lipinski definition) is 1. The fraction of sp³-hybridized carbons (Fsp3) is 0.111. The maximum atomic E-state index is 5.42. The minimum absolute atomic E-state index is 0.924. The first-order valence-electron chi connectivity index (χ1n) is 6.76. The van der Waals surface area contributed by atoms with Gasteiger partial charge in [-0.05, 0) is 23.9 Å². The molecule has 1 aromatic heterocycles. The highest BCUT2D eigenvalue weighted by molar-refractivity contribution is 6.17. The molecule has 20 heavy (non-hydrogen) atoms. The van der Waals surface area contributed by atoms with Crippen LogP contribution in [0.4, 0.5) is 0 Å². The van der Waals surface area contributed by atoms with Gasteiger partial charge in [-0.15, -0.1) is 0 Å². The number of fused-ring (bicyclic) bond motifs is 5. The van der Waals surface area contributed by atoms with Crippen LogP contribution < -0.4 is 4.74 Å². The minimum Gasteiger partial charge on any atom is -0.496 e. The summed E-state index contributed by atoms with van der Waals surface area (Å²) >= 11 is 0. The number of aromatic nitrogens is 1. The number of methoxy groups -OCH3 is 1. The number of H-pyrrole nitrogens is 1. The molecule has 0 aliphatic heterocycles. The number of benzene rings is 3. The third-order valence-electron chi connectivity index (χ3n) is 4.01. The van der Waals surface area contributed by atoms with E-state index in [1.807, 2.05) is 0 Å². The summed E-state index contributed by atoms with van der Waals surface area (Å²) in [6, 6.07) is 17.1. The van der Waals surface area contributed by atoms with Gasteiger partial charge in [0.05, 0.1) is 18.1 Å². The van der Waals surface area contributed by atoms with Crippen molar-refractivity contribution in [2.24, 2.45) is 0 Å². The Morgan fingerprint density at radius 3 is 2.60 bits per heavy atom. The van der Waals surface area contributed by atoms with Gasteiger partial charge in [-0.3, -0.25) is 0 Å². The third kappa shape index (κ3) is 1.45. The van der Waals surface area contributed by atoms with E-state index in [1.54, 1.807) is 7.11 Å². The number of aryl methyl sites for hydroxylation is 1. The van der Waals surface area contributed by atoms with Gasteiger partial charge < -0.3 is 9.72 Å². The van der Waals surface area contributed by atoms with Gasteiger partial charge in [0, 0.05) is 22.2 Å². The van der Waals surface area contributed by atoms with Gasteiger partial charge in [-0.25, -0.2) is 0 Å². The molecule has 0 radical (unpaired) electrons. The van der Waals surface area contributed by atoms with Crippen LogP contribution in [-0.2, 0) is 0 Å². The van der Waals surface area contributed by atoms with Gasteiger partial charge in [0.2, 0.25) is 0 Å². The molecule has 3 aromatic carbocycles. The number of aromatic amines is 1. The van der Waals surface area contributed by atoms with Crippen LogP contribution in [0.5, 0.6) is 5.75 Å². The van der Waals surface area contributed by atoms with Crippen molar-refractivity contribution in [3.8, 4) is 5.75 Å². The summed E-state index contributed by atoms with van der Waals surface area (Å²) in [6.45, 7) is 2.08. The van der Waals surface area contributed by atoms with Crippen LogP contribution in [-0.4, -0.2) is 12.1 Å². The number of rotatable bonds is 1. The second-order valence-electron chi connectivity index (χ2n) is 5.20. The van der Waals surface area contributed by atoms with Crippen LogP contribution in [0.3, 0.4) is 0 Å². The molecule has 0 amide bonds. The van der Waals surface area contributed by atoms with Crippen LogP contribution in [0, 0.1) is 6.92 Å².